The maximum atomic E-state index is 12.7. The van der Waals surface area contributed by atoms with Crippen LogP contribution in [0.15, 0.2) is 50.8 Å². The van der Waals surface area contributed by atoms with Crippen LogP contribution in [0.4, 0.5) is 13.2 Å². The summed E-state index contributed by atoms with van der Waals surface area (Å²) in [5, 5.41) is 9.00. The average Bonchev–Trinajstić information content (AvgIpc) is 2.40. The molecule has 0 fully saturated rings. The largest absolute Gasteiger partial charge is 0.433 e. The normalized spacial score (nSPS) is 11.2. The van der Waals surface area contributed by atoms with Gasteiger partial charge in [0.1, 0.15) is 16.8 Å². The smallest absolute Gasteiger partial charge is 0.235 e. The Labute approximate surface area is 125 Å². The van der Waals surface area contributed by atoms with Crippen LogP contribution in [0, 0.1) is 11.3 Å². The Hall–Kier alpha value is -1.52. The van der Waals surface area contributed by atoms with Crippen LogP contribution in [-0.2, 0) is 6.18 Å². The summed E-state index contributed by atoms with van der Waals surface area (Å²) >= 11 is 4.32. The minimum Gasteiger partial charge on any atom is -0.235 e. The van der Waals surface area contributed by atoms with E-state index in [4.69, 9.17) is 5.26 Å². The molecule has 0 spiro atoms. The highest BCUT2D eigenvalue weighted by molar-refractivity contribution is 9.10. The summed E-state index contributed by atoms with van der Waals surface area (Å²) in [7, 11) is 0. The van der Waals surface area contributed by atoms with E-state index in [0.717, 1.165) is 28.4 Å². The molecule has 0 saturated heterocycles. The SMILES string of the molecule is N#Cc1ccc(C(F)(F)F)nc1Sc1ccccc1Br. The van der Waals surface area contributed by atoms with E-state index in [9.17, 15) is 13.2 Å². The molecule has 0 unspecified atom stereocenters. The van der Waals surface area contributed by atoms with Crippen LogP contribution < -0.4 is 0 Å². The minimum absolute atomic E-state index is 0.0363. The fourth-order valence-corrected chi connectivity index (χ4v) is 2.81. The molecule has 102 valence electrons. The first-order valence-corrected chi connectivity index (χ1v) is 6.93. The van der Waals surface area contributed by atoms with E-state index < -0.39 is 11.9 Å². The van der Waals surface area contributed by atoms with Crippen molar-refractivity contribution in [3.8, 4) is 6.07 Å². The van der Waals surface area contributed by atoms with Gasteiger partial charge in [-0.2, -0.15) is 18.4 Å². The van der Waals surface area contributed by atoms with E-state index in [-0.39, 0.29) is 10.6 Å². The number of rotatable bonds is 2. The number of aromatic nitrogens is 1. The van der Waals surface area contributed by atoms with Gasteiger partial charge in [0.15, 0.2) is 0 Å². The number of hydrogen-bond donors (Lipinski definition) is 0. The zero-order chi connectivity index (χ0) is 14.8. The van der Waals surface area contributed by atoms with Crippen molar-refractivity contribution in [3.05, 3.63) is 52.1 Å². The van der Waals surface area contributed by atoms with Crippen LogP contribution in [0.1, 0.15) is 11.3 Å². The lowest BCUT2D eigenvalue weighted by Gasteiger charge is -2.09. The molecule has 20 heavy (non-hydrogen) atoms. The molecule has 0 radical (unpaired) electrons. The van der Waals surface area contributed by atoms with E-state index in [1.165, 1.54) is 0 Å². The van der Waals surface area contributed by atoms with Gasteiger partial charge in [0.2, 0.25) is 0 Å². The number of pyridine rings is 1. The maximum absolute atomic E-state index is 12.7. The van der Waals surface area contributed by atoms with E-state index >= 15 is 0 Å². The van der Waals surface area contributed by atoms with Gasteiger partial charge in [-0.1, -0.05) is 23.9 Å². The predicted molar refractivity (Wildman–Crippen MR) is 72.2 cm³/mol. The molecule has 0 bridgehead atoms. The Balaban J connectivity index is 2.45. The zero-order valence-electron chi connectivity index (χ0n) is 9.78. The monoisotopic (exact) mass is 358 g/mol. The molecule has 1 heterocycles. The van der Waals surface area contributed by atoms with Gasteiger partial charge < -0.3 is 0 Å². The number of nitrogens with zero attached hydrogens (tertiary/aromatic N) is 2. The van der Waals surface area contributed by atoms with Crippen LogP contribution in [0.2, 0.25) is 0 Å². The van der Waals surface area contributed by atoms with Crippen molar-refractivity contribution in [1.29, 1.82) is 5.26 Å². The van der Waals surface area contributed by atoms with Crippen molar-refractivity contribution in [1.82, 2.24) is 4.98 Å². The average molecular weight is 359 g/mol. The lowest BCUT2D eigenvalue weighted by molar-refractivity contribution is -0.141. The highest BCUT2D eigenvalue weighted by Crippen LogP contribution is 2.36. The molecule has 0 saturated carbocycles. The van der Waals surface area contributed by atoms with Gasteiger partial charge in [0.25, 0.3) is 0 Å². The van der Waals surface area contributed by atoms with Crippen molar-refractivity contribution >= 4 is 27.7 Å². The lowest BCUT2D eigenvalue weighted by Crippen LogP contribution is -2.08. The van der Waals surface area contributed by atoms with Crippen molar-refractivity contribution < 1.29 is 13.2 Å². The summed E-state index contributed by atoms with van der Waals surface area (Å²) in [6.45, 7) is 0. The Bertz CT molecular complexity index is 680. The molecular formula is C13H6BrF3N2S. The van der Waals surface area contributed by atoms with Crippen molar-refractivity contribution in [2.75, 3.05) is 0 Å². The van der Waals surface area contributed by atoms with Gasteiger partial charge in [0.05, 0.1) is 5.56 Å². The molecule has 2 rings (SSSR count). The molecule has 0 amide bonds. The van der Waals surface area contributed by atoms with E-state index in [1.54, 1.807) is 24.3 Å². The van der Waals surface area contributed by atoms with Gasteiger partial charge in [-0.15, -0.1) is 0 Å². The molecule has 0 aliphatic heterocycles. The van der Waals surface area contributed by atoms with E-state index in [2.05, 4.69) is 20.9 Å². The van der Waals surface area contributed by atoms with Crippen molar-refractivity contribution in [2.24, 2.45) is 0 Å². The predicted octanol–water partition coefficient (Wildman–Crippen LogP) is 4.89. The first-order valence-electron chi connectivity index (χ1n) is 5.32. The van der Waals surface area contributed by atoms with Gasteiger partial charge >= 0.3 is 6.18 Å². The van der Waals surface area contributed by atoms with E-state index in [0.29, 0.717) is 4.90 Å². The highest BCUT2D eigenvalue weighted by Gasteiger charge is 2.33. The third-order valence-electron chi connectivity index (χ3n) is 2.31. The molecule has 2 nitrogen and oxygen atoms in total. The van der Waals surface area contributed by atoms with E-state index in [1.807, 2.05) is 6.07 Å². The fraction of sp³-hybridized carbons (Fsp3) is 0.0769. The summed E-state index contributed by atoms with van der Waals surface area (Å²) in [5.74, 6) is 0. The van der Waals surface area contributed by atoms with Crippen LogP contribution >= 0.6 is 27.7 Å². The minimum atomic E-state index is -4.53. The Morgan fingerprint density at radius 2 is 1.85 bits per heavy atom. The number of benzene rings is 1. The number of halogens is 4. The molecule has 0 atom stereocenters. The van der Waals surface area contributed by atoms with Gasteiger partial charge in [-0.05, 0) is 40.2 Å². The second-order valence-corrected chi connectivity index (χ2v) is 5.58. The standard InChI is InChI=1S/C13H6BrF3N2S/c14-9-3-1-2-4-10(9)20-12-8(7-18)5-6-11(19-12)13(15,16)17/h1-6H. The molecule has 1 aromatic heterocycles. The summed E-state index contributed by atoms with van der Waals surface area (Å²) in [4.78, 5) is 4.24. The Kier molecular flexibility index (Phi) is 4.35. The van der Waals surface area contributed by atoms with Gasteiger partial charge in [0, 0.05) is 9.37 Å². The second-order valence-electron chi connectivity index (χ2n) is 3.69. The first-order chi connectivity index (χ1) is 9.41. The summed E-state index contributed by atoms with van der Waals surface area (Å²) in [6, 6.07) is 10.8. The quantitative estimate of drug-likeness (QED) is 0.767. The van der Waals surface area contributed by atoms with Crippen LogP contribution in [0.25, 0.3) is 0 Å². The summed E-state index contributed by atoms with van der Waals surface area (Å²) < 4.78 is 38.7. The molecule has 7 heteroatoms. The topological polar surface area (TPSA) is 36.7 Å². The fourth-order valence-electron chi connectivity index (χ4n) is 1.39. The maximum Gasteiger partial charge on any atom is 0.433 e. The second kappa shape index (κ2) is 5.85. The number of nitriles is 1. The molecule has 0 aliphatic carbocycles. The number of hydrogen-bond acceptors (Lipinski definition) is 3. The summed E-state index contributed by atoms with van der Waals surface area (Å²) in [5.41, 5.74) is -0.898. The van der Waals surface area contributed by atoms with Gasteiger partial charge in [-0.25, -0.2) is 4.98 Å². The van der Waals surface area contributed by atoms with Gasteiger partial charge in [-0.3, -0.25) is 0 Å². The van der Waals surface area contributed by atoms with Crippen LogP contribution in [0.3, 0.4) is 0 Å². The number of alkyl halides is 3. The van der Waals surface area contributed by atoms with Crippen LogP contribution in [0.5, 0.6) is 0 Å². The Morgan fingerprint density at radius 3 is 2.45 bits per heavy atom. The zero-order valence-corrected chi connectivity index (χ0v) is 12.2. The third kappa shape index (κ3) is 3.32. The molecular weight excluding hydrogens is 353 g/mol. The molecule has 0 aliphatic rings. The Morgan fingerprint density at radius 1 is 1.15 bits per heavy atom. The molecule has 1 aromatic carbocycles. The van der Waals surface area contributed by atoms with Crippen molar-refractivity contribution in [2.45, 2.75) is 16.1 Å². The summed E-state index contributed by atoms with van der Waals surface area (Å²) in [6.07, 6.45) is -4.53. The van der Waals surface area contributed by atoms with Crippen LogP contribution in [-0.4, -0.2) is 4.98 Å². The highest BCUT2D eigenvalue weighted by atomic mass is 79.9. The first kappa shape index (κ1) is 14.9. The molecule has 0 N–H and O–H groups in total. The molecule has 2 aromatic rings. The lowest BCUT2D eigenvalue weighted by atomic mass is 10.2. The third-order valence-corrected chi connectivity index (χ3v) is 4.35. The van der Waals surface area contributed by atoms with Crippen molar-refractivity contribution in [3.63, 3.8) is 0 Å².